The minimum atomic E-state index is -0.232. The highest BCUT2D eigenvalue weighted by atomic mass is 15.0. The van der Waals surface area contributed by atoms with Crippen molar-refractivity contribution in [3.63, 3.8) is 0 Å². The summed E-state index contributed by atoms with van der Waals surface area (Å²) in [6, 6.07) is 1.42. The highest BCUT2D eigenvalue weighted by molar-refractivity contribution is 6.76. The first-order valence-electron chi connectivity index (χ1n) is 21.5. The van der Waals surface area contributed by atoms with Gasteiger partial charge in [0.1, 0.15) is 212 Å². The standard InChI is InChI=1S/C44HB27N2/c45-2-1-3(46)14(47)7-4(2)17(50)35(68)43(24(7)57)72-39-6(5-8(20(53)32(39)65)19(52)26(59)25(58)18(5)51)11-15(48)9(21(54)33(66)40(11)72)10-16(49)12-13-23(56)27(60)29(62)36(69)42(13)73(41(12)34(67)22(10)55)44-37(70)30(63)28(61)31(64)38(44)71/h1H. The van der Waals surface area contributed by atoms with Crippen LogP contribution in [0.1, 0.15) is 0 Å². The number of fused-ring (bicyclic) bond motifs is 9. The van der Waals surface area contributed by atoms with Gasteiger partial charge >= 0.3 is 0 Å². The number of hydrogen-bond donors (Lipinski definition) is 0. The van der Waals surface area contributed by atoms with Crippen LogP contribution in [0.3, 0.4) is 0 Å². The van der Waals surface area contributed by atoms with Gasteiger partial charge < -0.3 is 9.13 Å². The highest BCUT2D eigenvalue weighted by Gasteiger charge is 2.31. The lowest BCUT2D eigenvalue weighted by Gasteiger charge is -2.27. The van der Waals surface area contributed by atoms with Gasteiger partial charge in [0.2, 0.25) is 0 Å². The monoisotopic (exact) mass is 854 g/mol. The molecule has 0 amide bonds. The Balaban J connectivity index is 1.49. The van der Waals surface area contributed by atoms with Crippen LogP contribution in [0, 0.1) is 0 Å². The van der Waals surface area contributed by atoms with Gasteiger partial charge in [-0.25, -0.2) is 0 Å². The van der Waals surface area contributed by atoms with Crippen molar-refractivity contribution >= 4 is 425 Å². The Morgan fingerprint density at radius 2 is 0.452 bits per heavy atom. The first-order valence-corrected chi connectivity index (χ1v) is 21.5. The van der Waals surface area contributed by atoms with Gasteiger partial charge in [-0.05, 0) is 38.1 Å². The maximum Gasteiger partial charge on any atom is 0.117 e. The van der Waals surface area contributed by atoms with Crippen LogP contribution < -0.4 is 147 Å². The summed E-state index contributed by atoms with van der Waals surface area (Å²) >= 11 is 0. The van der Waals surface area contributed by atoms with Crippen LogP contribution in [0.2, 0.25) is 0 Å². The van der Waals surface area contributed by atoms with Gasteiger partial charge in [-0.15, -0.1) is 43.7 Å². The second kappa shape index (κ2) is 17.3. The zero-order valence-electron chi connectivity index (χ0n) is 38.6. The Morgan fingerprint density at radius 3 is 0.932 bits per heavy atom. The number of nitrogens with zero attached hydrogens (tertiary/aromatic N) is 2. The van der Waals surface area contributed by atoms with Crippen LogP contribution in [0.25, 0.3) is 87.7 Å². The Kier molecular flexibility index (Phi) is 12.4. The fourth-order valence-electron chi connectivity index (χ4n) is 10.6. The third-order valence-electron chi connectivity index (χ3n) is 14.3. The van der Waals surface area contributed by atoms with Gasteiger partial charge in [-0.3, -0.25) is 0 Å². The molecule has 0 saturated carbocycles. The SMILES string of the molecule is [B]c1cc([B])c2c([B])c([B])c(-n3c4c([B])c([B])c(-c5c([B])c([B])c6c(c5[B])c5c([B])c([B])c([B])c([B])c5n6-c5c([B])c([B])c([B])c([B])c5[B])c([B])c4c4c5c([B])c([B])c([B])c([B])c5c([B])c([B])c43)c([B])c2c1[B]. The number of hydrogen-bond acceptors (Lipinski definition) is 0. The molecule has 2 nitrogen and oxygen atoms in total. The molecule has 0 aliphatic heterocycles. The molecule has 8 aromatic carbocycles. The summed E-state index contributed by atoms with van der Waals surface area (Å²) in [5.41, 5.74) is -2.97. The number of aromatic nitrogens is 2. The smallest absolute Gasteiger partial charge is 0.117 e. The van der Waals surface area contributed by atoms with Crippen LogP contribution >= 0.6 is 0 Å². The highest BCUT2D eigenvalue weighted by Crippen LogP contribution is 2.34. The molecule has 54 radical (unpaired) electrons. The quantitative estimate of drug-likeness (QED) is 0.157. The molecule has 0 saturated heterocycles. The van der Waals surface area contributed by atoms with Crippen LogP contribution in [-0.4, -0.2) is 221 Å². The van der Waals surface area contributed by atoms with E-state index in [9.17, 15) is 0 Å². The predicted octanol–water partition coefficient (Wildman–Crippen LogP) is -20.7. The maximum atomic E-state index is 7.50. The summed E-state index contributed by atoms with van der Waals surface area (Å²) in [7, 11) is 183. The zero-order valence-corrected chi connectivity index (χ0v) is 38.6. The lowest BCUT2D eigenvalue weighted by Crippen LogP contribution is -2.56. The molecule has 0 spiro atoms. The van der Waals surface area contributed by atoms with Crippen molar-refractivity contribution < 1.29 is 0 Å². The van der Waals surface area contributed by atoms with E-state index in [4.69, 9.17) is 212 Å². The fraction of sp³-hybridized carbons (Fsp3) is 0. The maximum absolute atomic E-state index is 7.50. The van der Waals surface area contributed by atoms with Gasteiger partial charge in [-0.2, -0.15) is 0 Å². The van der Waals surface area contributed by atoms with E-state index < -0.39 is 0 Å². The summed E-state index contributed by atoms with van der Waals surface area (Å²) in [5, 5.41) is 0.925. The molecule has 73 heavy (non-hydrogen) atoms. The van der Waals surface area contributed by atoms with Crippen LogP contribution in [0.5, 0.6) is 0 Å². The summed E-state index contributed by atoms with van der Waals surface area (Å²) in [6.07, 6.45) is 0. The summed E-state index contributed by atoms with van der Waals surface area (Å²) < 4.78 is 2.86. The molecule has 0 bridgehead atoms. The van der Waals surface area contributed by atoms with Gasteiger partial charge in [-0.1, -0.05) is 110 Å². The summed E-state index contributed by atoms with van der Waals surface area (Å²) in [6.45, 7) is 0. The molecule has 2 heterocycles. The van der Waals surface area contributed by atoms with Gasteiger partial charge in [0.05, 0.1) is 0 Å². The molecule has 0 fully saturated rings. The second-order valence-electron chi connectivity index (χ2n) is 17.9. The minimum Gasteiger partial charge on any atom is -0.312 e. The van der Waals surface area contributed by atoms with E-state index in [0.717, 1.165) is 0 Å². The van der Waals surface area contributed by atoms with Crippen LogP contribution in [0.15, 0.2) is 6.07 Å². The molecule has 10 rings (SSSR count). The normalized spacial score (nSPS) is 11.9. The van der Waals surface area contributed by atoms with Gasteiger partial charge in [0.15, 0.2) is 0 Å². The topological polar surface area (TPSA) is 9.86 Å². The molecule has 29 heteroatoms. The van der Waals surface area contributed by atoms with E-state index >= 15 is 0 Å². The molecular weight excluding hydrogens is 848 g/mol. The molecule has 268 valence electrons. The Bertz CT molecular complexity index is 4310. The molecule has 10 aromatic rings. The molecule has 2 aromatic heterocycles. The number of benzene rings is 8. The van der Waals surface area contributed by atoms with E-state index in [0.29, 0.717) is 0 Å². The Labute approximate surface area is 459 Å². The lowest BCUT2D eigenvalue weighted by molar-refractivity contribution is 1.22. The average molecular weight is 849 g/mol. The fourth-order valence-corrected chi connectivity index (χ4v) is 10.6. The van der Waals surface area contributed by atoms with E-state index in [2.05, 4.69) is 0 Å². The van der Waals surface area contributed by atoms with Crippen molar-refractivity contribution in [2.24, 2.45) is 0 Å². The van der Waals surface area contributed by atoms with E-state index in [1.807, 2.05) is 0 Å². The first-order chi connectivity index (χ1) is 34.1. The lowest BCUT2D eigenvalue weighted by atomic mass is 9.60. The molecule has 0 aliphatic rings. The van der Waals surface area contributed by atoms with Gasteiger partial charge in [0.25, 0.3) is 0 Å². The third kappa shape index (κ3) is 6.50. The van der Waals surface area contributed by atoms with E-state index in [-0.39, 0.29) is 235 Å². The van der Waals surface area contributed by atoms with Crippen molar-refractivity contribution in [2.45, 2.75) is 0 Å². The van der Waals surface area contributed by atoms with Crippen molar-refractivity contribution in [1.82, 2.24) is 9.13 Å². The van der Waals surface area contributed by atoms with Crippen molar-refractivity contribution in [3.05, 3.63) is 6.07 Å². The van der Waals surface area contributed by atoms with E-state index in [1.165, 1.54) is 15.2 Å². The minimum absolute atomic E-state index is 0.0147. The second-order valence-corrected chi connectivity index (χ2v) is 17.9. The molecule has 0 aliphatic carbocycles. The average Bonchev–Trinajstić information content (AvgIpc) is 3.89. The molecule has 0 unspecified atom stereocenters. The zero-order chi connectivity index (χ0) is 53.7. The van der Waals surface area contributed by atoms with Crippen LogP contribution in [-0.2, 0) is 0 Å². The van der Waals surface area contributed by atoms with Crippen LogP contribution in [0.4, 0.5) is 0 Å². The summed E-state index contributed by atoms with van der Waals surface area (Å²) in [4.78, 5) is 0. The third-order valence-corrected chi connectivity index (χ3v) is 14.3. The Morgan fingerprint density at radius 1 is 0.178 bits per heavy atom. The molecule has 0 atom stereocenters. The molecule has 0 N–H and O–H groups in total. The van der Waals surface area contributed by atoms with Crippen molar-refractivity contribution in [2.75, 3.05) is 0 Å². The largest absolute Gasteiger partial charge is 0.312 e. The van der Waals surface area contributed by atoms with E-state index in [1.54, 1.807) is 0 Å². The number of rotatable bonds is 3. The first kappa shape index (κ1) is 52.1. The van der Waals surface area contributed by atoms with Gasteiger partial charge in [0, 0.05) is 49.6 Å². The van der Waals surface area contributed by atoms with Crippen molar-refractivity contribution in [3.8, 4) is 22.5 Å². The predicted molar refractivity (Wildman–Crippen MR) is 341 cm³/mol. The van der Waals surface area contributed by atoms with Crippen molar-refractivity contribution in [1.29, 1.82) is 0 Å². The molecular formula is C44HB27N2. The Hall–Kier alpha value is -4.37. The summed E-state index contributed by atoms with van der Waals surface area (Å²) in [5.74, 6) is 0.